The first-order valence-corrected chi connectivity index (χ1v) is 9.20. The Hall–Kier alpha value is -3.58. The van der Waals surface area contributed by atoms with Crippen LogP contribution in [-0.2, 0) is 9.47 Å². The van der Waals surface area contributed by atoms with Crippen LogP contribution in [-0.4, -0.2) is 85.0 Å². The van der Waals surface area contributed by atoms with Gasteiger partial charge in [-0.3, -0.25) is 0 Å². The minimum Gasteiger partial charge on any atom is -0.508 e. The third-order valence-corrected chi connectivity index (χ3v) is 4.68. The summed E-state index contributed by atoms with van der Waals surface area (Å²) in [5.41, 5.74) is -0.817. The van der Waals surface area contributed by atoms with Gasteiger partial charge in [0.15, 0.2) is 0 Å². The molecule has 0 amide bonds. The van der Waals surface area contributed by atoms with Gasteiger partial charge in [0.25, 0.3) is 0 Å². The third-order valence-electron chi connectivity index (χ3n) is 4.68. The van der Waals surface area contributed by atoms with Crippen molar-refractivity contribution in [1.29, 1.82) is 0 Å². The van der Waals surface area contributed by atoms with E-state index in [1.54, 1.807) is 0 Å². The zero-order valence-electron chi connectivity index (χ0n) is 16.2. The lowest BCUT2D eigenvalue weighted by Crippen LogP contribution is -2.60. The minimum absolute atomic E-state index is 0.302. The topological polar surface area (TPSA) is 203 Å². The molecule has 0 aromatic heterocycles. The van der Waals surface area contributed by atoms with Gasteiger partial charge in [-0.1, -0.05) is 0 Å². The number of aromatic hydroxyl groups is 3. The van der Waals surface area contributed by atoms with E-state index in [1.165, 1.54) is 0 Å². The number of hydrogen-bond acceptors (Lipinski definition) is 11. The molecule has 2 aromatic rings. The molecule has 7 N–H and O–H groups in total. The smallest absolute Gasteiger partial charge is 0.342 e. The molecule has 12 nitrogen and oxygen atoms in total. The molecule has 1 aliphatic heterocycles. The van der Waals surface area contributed by atoms with Gasteiger partial charge in [-0.05, 0) is 36.4 Å². The lowest BCUT2D eigenvalue weighted by molar-refractivity contribution is -0.277. The van der Waals surface area contributed by atoms with Crippen LogP contribution >= 0.6 is 0 Å². The molecule has 1 heterocycles. The van der Waals surface area contributed by atoms with Crippen LogP contribution in [0.4, 0.5) is 0 Å². The summed E-state index contributed by atoms with van der Waals surface area (Å²) in [6, 6.07) is 6.31. The van der Waals surface area contributed by atoms with Crippen LogP contribution in [0.3, 0.4) is 0 Å². The van der Waals surface area contributed by atoms with E-state index in [2.05, 4.69) is 0 Å². The number of hydrogen-bond donors (Lipinski definition) is 7. The lowest BCUT2D eigenvalue weighted by atomic mass is 9.99. The molecular formula is C20H20O12. The highest BCUT2D eigenvalue weighted by Crippen LogP contribution is 2.29. The maximum Gasteiger partial charge on any atom is 0.342 e. The average molecular weight is 452 g/mol. The molecule has 1 aliphatic rings. The Morgan fingerprint density at radius 3 is 2.16 bits per heavy atom. The number of benzene rings is 2. The summed E-state index contributed by atoms with van der Waals surface area (Å²) in [7, 11) is 0. The number of carboxylic acid groups (broad SMARTS) is 1. The van der Waals surface area contributed by atoms with Crippen molar-refractivity contribution in [2.75, 3.05) is 6.61 Å². The Labute approximate surface area is 180 Å². The molecule has 12 heteroatoms. The first-order chi connectivity index (χ1) is 15.1. The normalized spacial score (nSPS) is 25.2. The molecule has 2 aromatic carbocycles. The second-order valence-corrected chi connectivity index (χ2v) is 6.92. The Bertz CT molecular complexity index is 1010. The van der Waals surface area contributed by atoms with E-state index in [1.807, 2.05) is 0 Å². The molecule has 32 heavy (non-hydrogen) atoms. The number of carboxylic acids is 1. The van der Waals surface area contributed by atoms with E-state index >= 15 is 0 Å². The number of aromatic carboxylic acids is 1. The number of aliphatic hydroxyl groups is 3. The van der Waals surface area contributed by atoms with Gasteiger partial charge in [-0.2, -0.15) is 0 Å². The van der Waals surface area contributed by atoms with E-state index in [4.69, 9.17) is 14.2 Å². The van der Waals surface area contributed by atoms with Crippen LogP contribution in [0.2, 0.25) is 0 Å². The van der Waals surface area contributed by atoms with Crippen molar-refractivity contribution < 1.29 is 59.5 Å². The Balaban J connectivity index is 1.74. The number of rotatable bonds is 6. The van der Waals surface area contributed by atoms with Crippen molar-refractivity contribution in [1.82, 2.24) is 0 Å². The van der Waals surface area contributed by atoms with Crippen molar-refractivity contribution in [3.63, 3.8) is 0 Å². The number of esters is 1. The first-order valence-electron chi connectivity index (χ1n) is 9.20. The molecule has 0 saturated carbocycles. The van der Waals surface area contributed by atoms with Gasteiger partial charge in [0.1, 0.15) is 65.1 Å². The van der Waals surface area contributed by atoms with Crippen molar-refractivity contribution >= 4 is 11.9 Å². The predicted octanol–water partition coefficient (Wildman–Crippen LogP) is -0.455. The van der Waals surface area contributed by atoms with Gasteiger partial charge < -0.3 is 50.0 Å². The Kier molecular flexibility index (Phi) is 6.69. The van der Waals surface area contributed by atoms with Gasteiger partial charge in [0.2, 0.25) is 6.29 Å². The van der Waals surface area contributed by atoms with Gasteiger partial charge >= 0.3 is 11.9 Å². The monoisotopic (exact) mass is 452 g/mol. The molecule has 0 spiro atoms. The van der Waals surface area contributed by atoms with Crippen LogP contribution in [0.25, 0.3) is 0 Å². The number of aliphatic hydroxyl groups excluding tert-OH is 3. The van der Waals surface area contributed by atoms with Crippen molar-refractivity contribution in [2.24, 2.45) is 0 Å². The summed E-state index contributed by atoms with van der Waals surface area (Å²) in [6.07, 6.45) is -8.41. The summed E-state index contributed by atoms with van der Waals surface area (Å²) in [5, 5.41) is 68.3. The van der Waals surface area contributed by atoms with E-state index in [9.17, 15) is 45.3 Å². The molecule has 172 valence electrons. The lowest BCUT2D eigenvalue weighted by Gasteiger charge is -2.40. The predicted molar refractivity (Wildman–Crippen MR) is 102 cm³/mol. The van der Waals surface area contributed by atoms with Crippen molar-refractivity contribution in [3.8, 4) is 23.0 Å². The third kappa shape index (κ3) is 4.84. The average Bonchev–Trinajstić information content (AvgIpc) is 2.75. The molecule has 5 unspecified atom stereocenters. The van der Waals surface area contributed by atoms with Gasteiger partial charge in [0, 0.05) is 0 Å². The highest BCUT2D eigenvalue weighted by Gasteiger charge is 2.45. The number of phenolic OH excluding ortho intramolecular Hbond substituents is 3. The highest BCUT2D eigenvalue weighted by atomic mass is 16.7. The quantitative estimate of drug-likeness (QED) is 0.220. The number of ether oxygens (including phenoxy) is 3. The van der Waals surface area contributed by atoms with Crippen LogP contribution < -0.4 is 4.74 Å². The fraction of sp³-hybridized carbons (Fsp3) is 0.300. The van der Waals surface area contributed by atoms with E-state index < -0.39 is 60.6 Å². The molecule has 3 rings (SSSR count). The van der Waals surface area contributed by atoms with Crippen LogP contribution in [0, 0.1) is 0 Å². The summed E-state index contributed by atoms with van der Waals surface area (Å²) < 4.78 is 15.7. The molecule has 0 bridgehead atoms. The number of phenols is 3. The first kappa shape index (κ1) is 23.1. The second-order valence-electron chi connectivity index (χ2n) is 6.92. The van der Waals surface area contributed by atoms with E-state index in [-0.39, 0.29) is 22.8 Å². The Morgan fingerprint density at radius 1 is 0.875 bits per heavy atom. The SMILES string of the molecule is O=C(OCC1OC(Oc2ccc(O)cc2C(=O)O)C(O)C(O)C1O)c1cc(O)ccc1O. The van der Waals surface area contributed by atoms with E-state index in [0.717, 1.165) is 36.4 Å². The minimum atomic E-state index is -1.81. The van der Waals surface area contributed by atoms with Crippen LogP contribution in [0.1, 0.15) is 20.7 Å². The summed E-state index contributed by atoms with van der Waals surface area (Å²) in [4.78, 5) is 23.5. The van der Waals surface area contributed by atoms with E-state index in [0.29, 0.717) is 0 Å². The molecule has 1 fully saturated rings. The summed E-state index contributed by atoms with van der Waals surface area (Å²) >= 11 is 0. The Morgan fingerprint density at radius 2 is 1.50 bits per heavy atom. The standard InChI is InChI=1S/C20H20O12/c21-8-1-3-12(23)10(5-8)19(29)30-7-14-15(24)16(25)17(26)20(32-14)31-13-4-2-9(22)6-11(13)18(27)28/h1-6,14-17,20-26H,7H2,(H,27,28). The van der Waals surface area contributed by atoms with Gasteiger partial charge in [0.05, 0.1) is 0 Å². The molecule has 1 saturated heterocycles. The fourth-order valence-corrected chi connectivity index (χ4v) is 2.99. The van der Waals surface area contributed by atoms with Gasteiger partial charge in [-0.15, -0.1) is 0 Å². The van der Waals surface area contributed by atoms with Crippen molar-refractivity contribution in [3.05, 3.63) is 47.5 Å². The van der Waals surface area contributed by atoms with Crippen LogP contribution in [0.5, 0.6) is 23.0 Å². The highest BCUT2D eigenvalue weighted by molar-refractivity contribution is 5.93. The maximum absolute atomic E-state index is 12.2. The summed E-state index contributed by atoms with van der Waals surface area (Å²) in [6.45, 7) is -0.653. The summed E-state index contributed by atoms with van der Waals surface area (Å²) in [5.74, 6) is -3.95. The zero-order chi connectivity index (χ0) is 23.6. The maximum atomic E-state index is 12.2. The molecule has 5 atom stereocenters. The molecular weight excluding hydrogens is 432 g/mol. The molecule has 0 radical (unpaired) electrons. The fourth-order valence-electron chi connectivity index (χ4n) is 2.99. The zero-order valence-corrected chi connectivity index (χ0v) is 16.2. The van der Waals surface area contributed by atoms with Crippen LogP contribution in [0.15, 0.2) is 36.4 Å². The van der Waals surface area contributed by atoms with Crippen molar-refractivity contribution in [2.45, 2.75) is 30.7 Å². The number of carbonyl (C=O) groups excluding carboxylic acids is 1. The largest absolute Gasteiger partial charge is 0.508 e. The molecule has 0 aliphatic carbocycles. The van der Waals surface area contributed by atoms with Gasteiger partial charge in [-0.25, -0.2) is 9.59 Å². The second kappa shape index (κ2) is 9.28. The number of carbonyl (C=O) groups is 2.